The predicted octanol–water partition coefficient (Wildman–Crippen LogP) is 6.54. The van der Waals surface area contributed by atoms with Crippen LogP contribution in [0.5, 0.6) is 5.75 Å². The van der Waals surface area contributed by atoms with Gasteiger partial charge in [-0.1, -0.05) is 61.5 Å². The van der Waals surface area contributed by atoms with Gasteiger partial charge in [0.25, 0.3) is 0 Å². The summed E-state index contributed by atoms with van der Waals surface area (Å²) in [5, 5.41) is 0. The lowest BCUT2D eigenvalue weighted by Gasteiger charge is -2.45. The molecule has 1 aliphatic carbocycles. The maximum absolute atomic E-state index is 15.1. The minimum Gasteiger partial charge on any atom is -0.497 e. The van der Waals surface area contributed by atoms with Gasteiger partial charge >= 0.3 is 0 Å². The molecular weight excluding hydrogens is 548 g/mol. The second-order valence-electron chi connectivity index (χ2n) is 13.0. The predicted molar refractivity (Wildman–Crippen MR) is 171 cm³/mol. The van der Waals surface area contributed by atoms with E-state index in [0.29, 0.717) is 12.8 Å². The second kappa shape index (κ2) is 11.6. The Balaban J connectivity index is 1.26. The molecule has 3 aromatic rings. The van der Waals surface area contributed by atoms with Gasteiger partial charge in [0.15, 0.2) is 12.0 Å². The first kappa shape index (κ1) is 28.9. The number of carbonyl (C=O) groups is 1. The summed E-state index contributed by atoms with van der Waals surface area (Å²) in [4.78, 5) is 29.6. The average Bonchev–Trinajstić information content (AvgIpc) is 3.51. The summed E-state index contributed by atoms with van der Waals surface area (Å²) in [6, 6.07) is 24.9. The maximum Gasteiger partial charge on any atom is 0.232 e. The summed E-state index contributed by atoms with van der Waals surface area (Å²) in [6.07, 6.45) is 6.93. The topological polar surface area (TPSA) is 67.3 Å². The third-order valence-electron chi connectivity index (χ3n) is 10.7. The van der Waals surface area contributed by atoms with Crippen molar-refractivity contribution in [1.82, 2.24) is 14.8 Å². The number of piperidine rings is 1. The van der Waals surface area contributed by atoms with Crippen LogP contribution in [0.15, 0.2) is 96.6 Å². The first-order valence-electron chi connectivity index (χ1n) is 16.0. The Hall–Kier alpha value is -3.81. The van der Waals surface area contributed by atoms with Crippen LogP contribution < -0.4 is 4.74 Å². The van der Waals surface area contributed by atoms with Gasteiger partial charge in [0.1, 0.15) is 5.75 Å². The molecule has 0 radical (unpaired) electrons. The van der Waals surface area contributed by atoms with E-state index in [1.807, 2.05) is 36.4 Å². The van der Waals surface area contributed by atoms with Crippen LogP contribution in [0.3, 0.4) is 0 Å². The van der Waals surface area contributed by atoms with Crippen LogP contribution >= 0.6 is 0 Å². The number of amides is 1. The molecule has 3 aliphatic heterocycles. The van der Waals surface area contributed by atoms with Crippen molar-refractivity contribution in [2.75, 3.05) is 20.2 Å². The number of pyridine rings is 1. The number of likely N-dealkylation sites (tertiary alicyclic amines) is 2. The molecule has 4 heterocycles. The lowest BCUT2D eigenvalue weighted by molar-refractivity contribution is -0.160. The number of carbonyl (C=O) groups excluding carboxylic acids is 1. The molecule has 2 bridgehead atoms. The van der Waals surface area contributed by atoms with Crippen molar-refractivity contribution in [3.05, 3.63) is 108 Å². The summed E-state index contributed by atoms with van der Waals surface area (Å²) >= 11 is 0. The SMILES string of the molecule is C=CC[C@]12C[C@@]3(O[C@H](c4ccccn4)N=C3C[C@H](c3ccc(OC)cc3)[C@H]1C)N(C1CCN(Cc3ccccc3)CC1)C2=O. The van der Waals surface area contributed by atoms with Gasteiger partial charge in [-0.3, -0.25) is 19.7 Å². The van der Waals surface area contributed by atoms with Crippen LogP contribution in [-0.4, -0.2) is 58.4 Å². The zero-order chi connectivity index (χ0) is 30.3. The normalized spacial score (nSPS) is 30.5. The monoisotopic (exact) mass is 590 g/mol. The van der Waals surface area contributed by atoms with Crippen LogP contribution in [-0.2, 0) is 16.1 Å². The third-order valence-corrected chi connectivity index (χ3v) is 10.7. The minimum atomic E-state index is -0.885. The van der Waals surface area contributed by atoms with Gasteiger partial charge in [-0.2, -0.15) is 0 Å². The Labute approximate surface area is 260 Å². The van der Waals surface area contributed by atoms with E-state index in [2.05, 4.69) is 70.8 Å². The van der Waals surface area contributed by atoms with E-state index in [1.165, 1.54) is 11.1 Å². The molecule has 4 aliphatic rings. The first-order valence-corrected chi connectivity index (χ1v) is 16.0. The van der Waals surface area contributed by atoms with E-state index in [9.17, 15) is 0 Å². The number of benzene rings is 2. The highest BCUT2D eigenvalue weighted by Crippen LogP contribution is 2.62. The highest BCUT2D eigenvalue weighted by Gasteiger charge is 2.70. The fraction of sp³-hybridized carbons (Fsp3) is 0.432. The number of hydrogen-bond acceptors (Lipinski definition) is 6. The van der Waals surface area contributed by atoms with Crippen LogP contribution in [0.4, 0.5) is 0 Å². The molecule has 7 nitrogen and oxygen atoms in total. The Morgan fingerprint density at radius 2 is 1.80 bits per heavy atom. The molecule has 1 saturated carbocycles. The average molecular weight is 591 g/mol. The van der Waals surface area contributed by atoms with Crippen LogP contribution in [0, 0.1) is 11.3 Å². The summed E-state index contributed by atoms with van der Waals surface area (Å²) < 4.78 is 12.5. The Kier molecular flexibility index (Phi) is 7.63. The number of methoxy groups -OCH3 is 1. The van der Waals surface area contributed by atoms with Crippen LogP contribution in [0.1, 0.15) is 68.0 Å². The summed E-state index contributed by atoms with van der Waals surface area (Å²) in [5.74, 6) is 1.18. The molecule has 1 aromatic heterocycles. The number of hydrogen-bond donors (Lipinski definition) is 0. The van der Waals surface area contributed by atoms with Gasteiger partial charge in [0, 0.05) is 38.3 Å². The van der Waals surface area contributed by atoms with E-state index >= 15 is 4.79 Å². The fourth-order valence-electron chi connectivity index (χ4n) is 8.34. The van der Waals surface area contributed by atoms with Gasteiger partial charge in [0.2, 0.25) is 5.91 Å². The lowest BCUT2D eigenvalue weighted by atomic mass is 9.65. The van der Waals surface area contributed by atoms with Crippen molar-refractivity contribution in [2.45, 2.75) is 69.5 Å². The number of allylic oxidation sites excluding steroid dienone is 1. The molecule has 5 atom stereocenters. The smallest absolute Gasteiger partial charge is 0.232 e. The molecule has 228 valence electrons. The zero-order valence-electron chi connectivity index (χ0n) is 25.8. The van der Waals surface area contributed by atoms with Gasteiger partial charge in [-0.15, -0.1) is 6.58 Å². The molecule has 0 unspecified atom stereocenters. The molecule has 44 heavy (non-hydrogen) atoms. The highest BCUT2D eigenvalue weighted by molar-refractivity contribution is 6.03. The van der Waals surface area contributed by atoms with E-state index in [0.717, 1.165) is 56.1 Å². The quantitative estimate of drug-likeness (QED) is 0.279. The van der Waals surface area contributed by atoms with Crippen molar-refractivity contribution in [3.8, 4) is 5.75 Å². The van der Waals surface area contributed by atoms with Crippen LogP contribution in [0.2, 0.25) is 0 Å². The number of rotatable bonds is 8. The number of ether oxygens (including phenoxy) is 2. The standard InChI is InChI=1S/C37H42N4O3/c1-4-19-36-25-37(41(35(36)42)29-17-21-40(22-18-29)24-27-10-6-5-7-11-27)33(39-34(44-37)32-12-8-9-20-38-32)23-31(26(36)2)28-13-15-30(43-3)16-14-28/h4-16,20,26,29,31,34H,1,17-19,21-25H2,2-3H3/t26-,31+,34-,36+,37+/m1/s1. The molecule has 3 fully saturated rings. The van der Waals surface area contributed by atoms with Crippen molar-refractivity contribution in [3.63, 3.8) is 0 Å². The summed E-state index contributed by atoms with van der Waals surface area (Å²) in [7, 11) is 1.69. The molecule has 1 amide bonds. The van der Waals surface area contributed by atoms with E-state index < -0.39 is 17.4 Å². The fourth-order valence-corrected chi connectivity index (χ4v) is 8.34. The van der Waals surface area contributed by atoms with Crippen molar-refractivity contribution in [1.29, 1.82) is 0 Å². The van der Waals surface area contributed by atoms with E-state index in [1.54, 1.807) is 13.3 Å². The first-order chi connectivity index (χ1) is 21.5. The number of aliphatic imine (C=N–C) groups is 1. The highest BCUT2D eigenvalue weighted by atomic mass is 16.6. The van der Waals surface area contributed by atoms with Gasteiger partial charge in [-0.25, -0.2) is 0 Å². The molecule has 2 aromatic carbocycles. The summed E-state index contributed by atoms with van der Waals surface area (Å²) in [6.45, 7) is 9.21. The molecule has 1 spiro atoms. The van der Waals surface area contributed by atoms with E-state index in [4.69, 9.17) is 14.5 Å². The molecule has 0 N–H and O–H groups in total. The van der Waals surface area contributed by atoms with Crippen molar-refractivity contribution < 1.29 is 14.3 Å². The van der Waals surface area contributed by atoms with Crippen molar-refractivity contribution in [2.24, 2.45) is 16.3 Å². The second-order valence-corrected chi connectivity index (χ2v) is 13.0. The van der Waals surface area contributed by atoms with E-state index in [-0.39, 0.29) is 23.8 Å². The van der Waals surface area contributed by atoms with Gasteiger partial charge in [0.05, 0.1) is 23.9 Å². The largest absolute Gasteiger partial charge is 0.497 e. The Morgan fingerprint density at radius 1 is 1.05 bits per heavy atom. The molecule has 7 rings (SSSR count). The Morgan fingerprint density at radius 3 is 2.48 bits per heavy atom. The molecule has 7 heteroatoms. The zero-order valence-corrected chi connectivity index (χ0v) is 25.8. The Bertz CT molecular complexity index is 1520. The number of nitrogens with zero attached hydrogens (tertiary/aromatic N) is 4. The molecule has 2 saturated heterocycles. The van der Waals surface area contributed by atoms with Gasteiger partial charge in [-0.05, 0) is 72.9 Å². The van der Waals surface area contributed by atoms with Gasteiger partial charge < -0.3 is 14.4 Å². The molecular formula is C37H42N4O3. The van der Waals surface area contributed by atoms with Crippen molar-refractivity contribution >= 4 is 11.6 Å². The number of aromatic nitrogens is 1. The number of fused-ring (bicyclic) bond motifs is 1. The summed E-state index contributed by atoms with van der Waals surface area (Å²) in [5.41, 5.74) is 2.76. The lowest BCUT2D eigenvalue weighted by Crippen LogP contribution is -2.59. The van der Waals surface area contributed by atoms with Crippen LogP contribution in [0.25, 0.3) is 0 Å². The maximum atomic E-state index is 15.1. The minimum absolute atomic E-state index is 0.0617. The third kappa shape index (κ3) is 4.77.